The highest BCUT2D eigenvalue weighted by atomic mass is 16.5. The number of esters is 1. The van der Waals surface area contributed by atoms with Gasteiger partial charge in [-0.2, -0.15) is 0 Å². The third-order valence-electron chi connectivity index (χ3n) is 2.88. The minimum absolute atomic E-state index is 0.251. The van der Waals surface area contributed by atoms with Gasteiger partial charge in [-0.15, -0.1) is 0 Å². The molecule has 102 valence electrons. The maximum Gasteiger partial charge on any atom is 0.339 e. The lowest BCUT2D eigenvalue weighted by molar-refractivity contribution is -0.129. The van der Waals surface area contributed by atoms with Crippen molar-refractivity contribution < 1.29 is 19.1 Å². The molecule has 1 amide bonds. The Labute approximate surface area is 111 Å². The van der Waals surface area contributed by atoms with E-state index in [1.165, 1.54) is 7.11 Å². The monoisotopic (exact) mass is 263 g/mol. The lowest BCUT2D eigenvalue weighted by Gasteiger charge is -2.13. The number of carbonyl (C=O) groups is 2. The van der Waals surface area contributed by atoms with Gasteiger partial charge in [-0.25, -0.2) is 4.79 Å². The molecule has 0 spiro atoms. The second kappa shape index (κ2) is 5.73. The molecule has 1 aromatic carbocycles. The average molecular weight is 263 g/mol. The highest BCUT2D eigenvalue weighted by Crippen LogP contribution is 2.19. The Morgan fingerprint density at radius 3 is 2.74 bits per heavy atom. The Bertz CT molecular complexity index is 482. The van der Waals surface area contributed by atoms with E-state index in [2.05, 4.69) is 5.32 Å². The van der Waals surface area contributed by atoms with Crippen LogP contribution in [0, 0.1) is 0 Å². The van der Waals surface area contributed by atoms with E-state index >= 15 is 0 Å². The van der Waals surface area contributed by atoms with Crippen molar-refractivity contribution in [2.75, 3.05) is 7.11 Å². The first-order valence-electron chi connectivity index (χ1n) is 6.25. The van der Waals surface area contributed by atoms with Crippen LogP contribution in [0.5, 0.6) is 5.75 Å². The summed E-state index contributed by atoms with van der Waals surface area (Å²) in [6.07, 6.45) is 1.21. The Balaban J connectivity index is 1.93. The lowest BCUT2D eigenvalue weighted by Crippen LogP contribution is -2.37. The Kier molecular flexibility index (Phi) is 4.04. The van der Waals surface area contributed by atoms with Crippen LogP contribution in [0.3, 0.4) is 0 Å². The Morgan fingerprint density at radius 2 is 2.11 bits per heavy atom. The summed E-state index contributed by atoms with van der Waals surface area (Å²) >= 11 is 0. The molecule has 19 heavy (non-hydrogen) atoms. The predicted octanol–water partition coefficient (Wildman–Crippen LogP) is 1.52. The molecule has 1 atom stereocenters. The summed E-state index contributed by atoms with van der Waals surface area (Å²) in [6, 6.07) is 6.89. The van der Waals surface area contributed by atoms with Crippen molar-refractivity contribution in [2.24, 2.45) is 0 Å². The van der Waals surface area contributed by atoms with E-state index in [0.29, 0.717) is 11.3 Å². The first-order valence-corrected chi connectivity index (χ1v) is 6.25. The number of ether oxygens (including phenoxy) is 2. The van der Waals surface area contributed by atoms with Crippen LogP contribution in [-0.4, -0.2) is 31.1 Å². The molecule has 1 saturated carbocycles. The van der Waals surface area contributed by atoms with Crippen molar-refractivity contribution in [3.05, 3.63) is 29.8 Å². The number of rotatable bonds is 5. The Hall–Kier alpha value is -2.04. The summed E-state index contributed by atoms with van der Waals surface area (Å²) < 4.78 is 10.2. The molecular weight excluding hydrogens is 246 g/mol. The van der Waals surface area contributed by atoms with Crippen LogP contribution in [0.15, 0.2) is 24.3 Å². The summed E-state index contributed by atoms with van der Waals surface area (Å²) in [6.45, 7) is 1.57. The summed E-state index contributed by atoms with van der Waals surface area (Å²) in [7, 11) is 1.52. The van der Waals surface area contributed by atoms with Crippen LogP contribution < -0.4 is 10.1 Å². The Morgan fingerprint density at radius 1 is 1.37 bits per heavy atom. The van der Waals surface area contributed by atoms with E-state index in [9.17, 15) is 9.59 Å². The zero-order chi connectivity index (χ0) is 13.8. The van der Waals surface area contributed by atoms with Gasteiger partial charge in [0, 0.05) is 6.04 Å². The van der Waals surface area contributed by atoms with E-state index in [4.69, 9.17) is 9.47 Å². The maximum absolute atomic E-state index is 11.9. The number of methoxy groups -OCH3 is 1. The summed E-state index contributed by atoms with van der Waals surface area (Å²) in [5.74, 6) is -0.208. The highest BCUT2D eigenvalue weighted by Gasteiger charge is 2.27. The molecule has 1 aromatic rings. The van der Waals surface area contributed by atoms with Crippen molar-refractivity contribution in [2.45, 2.75) is 31.9 Å². The van der Waals surface area contributed by atoms with Crippen LogP contribution in [-0.2, 0) is 9.53 Å². The van der Waals surface area contributed by atoms with E-state index in [-0.39, 0.29) is 11.9 Å². The van der Waals surface area contributed by atoms with Crippen LogP contribution in [0.25, 0.3) is 0 Å². The number of carbonyl (C=O) groups excluding carboxylic acids is 2. The number of hydrogen-bond donors (Lipinski definition) is 1. The van der Waals surface area contributed by atoms with Gasteiger partial charge in [0.15, 0.2) is 6.10 Å². The van der Waals surface area contributed by atoms with Gasteiger partial charge in [-0.1, -0.05) is 6.07 Å². The second-order valence-corrected chi connectivity index (χ2v) is 4.56. The highest BCUT2D eigenvalue weighted by molar-refractivity contribution is 5.92. The van der Waals surface area contributed by atoms with Crippen LogP contribution >= 0.6 is 0 Å². The van der Waals surface area contributed by atoms with Gasteiger partial charge in [0.25, 0.3) is 5.91 Å². The fourth-order valence-corrected chi connectivity index (χ4v) is 1.58. The van der Waals surface area contributed by atoms with Gasteiger partial charge in [0.2, 0.25) is 0 Å². The molecule has 1 aliphatic carbocycles. The molecule has 0 heterocycles. The van der Waals surface area contributed by atoms with Crippen molar-refractivity contribution in [1.82, 2.24) is 5.32 Å². The van der Waals surface area contributed by atoms with Crippen molar-refractivity contribution in [3.8, 4) is 5.75 Å². The first kappa shape index (κ1) is 13.4. The number of nitrogens with one attached hydrogen (secondary N) is 1. The molecule has 0 unspecified atom stereocenters. The topological polar surface area (TPSA) is 64.6 Å². The molecule has 0 aromatic heterocycles. The van der Waals surface area contributed by atoms with E-state index in [1.807, 2.05) is 0 Å². The van der Waals surface area contributed by atoms with Crippen LogP contribution in [0.1, 0.15) is 30.1 Å². The number of amides is 1. The smallest absolute Gasteiger partial charge is 0.339 e. The lowest BCUT2D eigenvalue weighted by atomic mass is 10.2. The fraction of sp³-hybridized carbons (Fsp3) is 0.429. The number of benzene rings is 1. The molecule has 2 rings (SSSR count). The largest absolute Gasteiger partial charge is 0.497 e. The van der Waals surface area contributed by atoms with Gasteiger partial charge >= 0.3 is 5.97 Å². The van der Waals surface area contributed by atoms with Gasteiger partial charge < -0.3 is 14.8 Å². The fourth-order valence-electron chi connectivity index (χ4n) is 1.58. The summed E-state index contributed by atoms with van der Waals surface area (Å²) in [4.78, 5) is 23.5. The summed E-state index contributed by atoms with van der Waals surface area (Å²) in [5.41, 5.74) is 0.366. The quantitative estimate of drug-likeness (QED) is 0.818. The van der Waals surface area contributed by atoms with E-state index in [0.717, 1.165) is 12.8 Å². The molecule has 1 N–H and O–H groups in total. The van der Waals surface area contributed by atoms with Crippen molar-refractivity contribution >= 4 is 11.9 Å². The molecule has 5 nitrogen and oxygen atoms in total. The zero-order valence-electron chi connectivity index (χ0n) is 11.0. The van der Waals surface area contributed by atoms with Crippen molar-refractivity contribution in [1.29, 1.82) is 0 Å². The van der Waals surface area contributed by atoms with Gasteiger partial charge in [0.05, 0.1) is 12.7 Å². The molecule has 0 radical (unpaired) electrons. The van der Waals surface area contributed by atoms with E-state index in [1.54, 1.807) is 31.2 Å². The minimum Gasteiger partial charge on any atom is -0.497 e. The molecule has 0 aliphatic heterocycles. The normalized spacial score (nSPS) is 15.5. The molecule has 0 bridgehead atoms. The molecule has 1 aliphatic rings. The third-order valence-corrected chi connectivity index (χ3v) is 2.88. The average Bonchev–Trinajstić information content (AvgIpc) is 3.22. The summed E-state index contributed by atoms with van der Waals surface area (Å²) in [5, 5.41) is 2.79. The minimum atomic E-state index is -0.792. The standard InChI is InChI=1S/C14H17NO4/c1-9(13(16)15-11-6-7-11)19-14(17)10-4-3-5-12(8-10)18-2/h3-5,8-9,11H,6-7H2,1-2H3,(H,15,16)/t9-/m1/s1. The maximum atomic E-state index is 11.9. The predicted molar refractivity (Wildman–Crippen MR) is 69.0 cm³/mol. The van der Waals surface area contributed by atoms with E-state index < -0.39 is 12.1 Å². The van der Waals surface area contributed by atoms with Crippen molar-refractivity contribution in [3.63, 3.8) is 0 Å². The molecule has 1 fully saturated rings. The zero-order valence-corrected chi connectivity index (χ0v) is 11.0. The first-order chi connectivity index (χ1) is 9.10. The molecular formula is C14H17NO4. The number of hydrogen-bond acceptors (Lipinski definition) is 4. The molecule has 0 saturated heterocycles. The van der Waals surface area contributed by atoms with Gasteiger partial charge in [-0.05, 0) is 38.0 Å². The van der Waals surface area contributed by atoms with Crippen LogP contribution in [0.4, 0.5) is 0 Å². The van der Waals surface area contributed by atoms with Gasteiger partial charge in [-0.3, -0.25) is 4.79 Å². The third kappa shape index (κ3) is 3.71. The molecule has 5 heteroatoms. The van der Waals surface area contributed by atoms with Gasteiger partial charge in [0.1, 0.15) is 5.75 Å². The SMILES string of the molecule is COc1cccc(C(=O)O[C@H](C)C(=O)NC2CC2)c1. The van der Waals surface area contributed by atoms with Crippen LogP contribution in [0.2, 0.25) is 0 Å². The second-order valence-electron chi connectivity index (χ2n) is 4.56.